The summed E-state index contributed by atoms with van der Waals surface area (Å²) in [6, 6.07) is 12.0. The summed E-state index contributed by atoms with van der Waals surface area (Å²) in [4.78, 5) is 16.4. The number of aromatic nitrogens is 1. The minimum Gasteiger partial charge on any atom is -0.492 e. The fourth-order valence-corrected chi connectivity index (χ4v) is 2.58. The van der Waals surface area contributed by atoms with Crippen LogP contribution in [0.3, 0.4) is 0 Å². The molecule has 0 unspecified atom stereocenters. The fraction of sp³-hybridized carbons (Fsp3) is 0.238. The summed E-state index contributed by atoms with van der Waals surface area (Å²) in [5, 5.41) is 2.74. The highest BCUT2D eigenvalue weighted by molar-refractivity contribution is 5.92. The smallest absolute Gasteiger partial charge is 0.224 e. The Labute approximate surface area is 157 Å². The minimum absolute atomic E-state index is 0.191. The maximum Gasteiger partial charge on any atom is 0.224 e. The molecule has 6 heteroatoms. The number of nitrogens with one attached hydrogen (secondary N) is 1. The van der Waals surface area contributed by atoms with Crippen LogP contribution < -0.4 is 10.1 Å². The standard InChI is InChI=1S/C21H21FN2O3/c1-3-26-18-12-16(22)8-9-17(18)24-20(25)10-11-21-23-13-19(27-21)15-6-4-14(2)5-7-15/h4-9,12-13H,3,10-11H2,1-2H3,(H,24,25). The topological polar surface area (TPSA) is 64.4 Å². The highest BCUT2D eigenvalue weighted by atomic mass is 19.1. The zero-order valence-corrected chi connectivity index (χ0v) is 15.3. The molecule has 0 aliphatic heterocycles. The van der Waals surface area contributed by atoms with Crippen LogP contribution in [0.2, 0.25) is 0 Å². The Bertz CT molecular complexity index is 919. The van der Waals surface area contributed by atoms with Gasteiger partial charge in [-0.1, -0.05) is 29.8 Å². The predicted molar refractivity (Wildman–Crippen MR) is 101 cm³/mol. The number of carbonyl (C=O) groups is 1. The van der Waals surface area contributed by atoms with Crippen LogP contribution in [0.1, 0.15) is 24.8 Å². The number of aryl methyl sites for hydroxylation is 2. The minimum atomic E-state index is -0.417. The third kappa shape index (κ3) is 4.94. The summed E-state index contributed by atoms with van der Waals surface area (Å²) in [6.45, 7) is 4.20. The van der Waals surface area contributed by atoms with Gasteiger partial charge >= 0.3 is 0 Å². The molecule has 3 rings (SSSR count). The molecule has 0 bridgehead atoms. The third-order valence-electron chi connectivity index (χ3n) is 3.97. The number of halogens is 1. The van der Waals surface area contributed by atoms with Gasteiger partial charge in [0.2, 0.25) is 5.91 Å². The molecule has 1 amide bonds. The maximum absolute atomic E-state index is 13.3. The van der Waals surface area contributed by atoms with Gasteiger partial charge in [-0.3, -0.25) is 4.79 Å². The van der Waals surface area contributed by atoms with Crippen molar-refractivity contribution in [1.82, 2.24) is 4.98 Å². The van der Waals surface area contributed by atoms with Gasteiger partial charge in [-0.05, 0) is 26.0 Å². The summed E-state index contributed by atoms with van der Waals surface area (Å²) >= 11 is 0. The molecule has 140 valence electrons. The normalized spacial score (nSPS) is 10.6. The summed E-state index contributed by atoms with van der Waals surface area (Å²) in [6.07, 6.45) is 2.21. The van der Waals surface area contributed by atoms with E-state index in [9.17, 15) is 9.18 Å². The second kappa shape index (κ2) is 8.49. The number of benzene rings is 2. The number of hydrogen-bond acceptors (Lipinski definition) is 4. The first kappa shape index (κ1) is 18.6. The SMILES string of the molecule is CCOc1cc(F)ccc1NC(=O)CCc1ncc(-c2ccc(C)cc2)o1. The molecule has 0 spiro atoms. The number of rotatable bonds is 7. The molecular weight excluding hydrogens is 347 g/mol. The van der Waals surface area contributed by atoms with Crippen molar-refractivity contribution < 1.29 is 18.3 Å². The fourth-order valence-electron chi connectivity index (χ4n) is 2.58. The highest BCUT2D eigenvalue weighted by Gasteiger charge is 2.12. The molecule has 27 heavy (non-hydrogen) atoms. The van der Waals surface area contributed by atoms with Crippen molar-refractivity contribution in [3.63, 3.8) is 0 Å². The van der Waals surface area contributed by atoms with Crippen LogP contribution in [0.15, 0.2) is 53.1 Å². The van der Waals surface area contributed by atoms with Gasteiger partial charge < -0.3 is 14.5 Å². The van der Waals surface area contributed by atoms with Gasteiger partial charge in [0.15, 0.2) is 11.7 Å². The molecule has 2 aromatic carbocycles. The number of nitrogens with zero attached hydrogens (tertiary/aromatic N) is 1. The van der Waals surface area contributed by atoms with Crippen molar-refractivity contribution in [3.05, 3.63) is 65.9 Å². The van der Waals surface area contributed by atoms with Crippen LogP contribution in [-0.2, 0) is 11.2 Å². The second-order valence-corrected chi connectivity index (χ2v) is 6.11. The van der Waals surface area contributed by atoms with Crippen LogP contribution in [0.25, 0.3) is 11.3 Å². The Hall–Kier alpha value is -3.15. The third-order valence-corrected chi connectivity index (χ3v) is 3.97. The Kier molecular flexibility index (Phi) is 5.86. The molecule has 0 saturated carbocycles. The number of amides is 1. The summed E-state index contributed by atoms with van der Waals surface area (Å²) in [5.74, 6) is 0.827. The van der Waals surface area contributed by atoms with Gasteiger partial charge in [0.05, 0.1) is 18.5 Å². The van der Waals surface area contributed by atoms with E-state index < -0.39 is 5.82 Å². The molecule has 0 atom stereocenters. The highest BCUT2D eigenvalue weighted by Crippen LogP contribution is 2.26. The van der Waals surface area contributed by atoms with E-state index in [0.717, 1.165) is 5.56 Å². The van der Waals surface area contributed by atoms with E-state index in [-0.39, 0.29) is 12.3 Å². The van der Waals surface area contributed by atoms with Gasteiger partial charge in [-0.15, -0.1) is 0 Å². The lowest BCUT2D eigenvalue weighted by Crippen LogP contribution is -2.13. The quantitative estimate of drug-likeness (QED) is 0.653. The van der Waals surface area contributed by atoms with Crippen LogP contribution in [0, 0.1) is 12.7 Å². The second-order valence-electron chi connectivity index (χ2n) is 6.11. The number of hydrogen-bond donors (Lipinski definition) is 1. The van der Waals surface area contributed by atoms with E-state index in [1.165, 1.54) is 23.8 Å². The lowest BCUT2D eigenvalue weighted by atomic mass is 10.1. The van der Waals surface area contributed by atoms with Crippen molar-refractivity contribution in [1.29, 1.82) is 0 Å². The van der Waals surface area contributed by atoms with Crippen molar-refractivity contribution in [2.45, 2.75) is 26.7 Å². The Morgan fingerprint density at radius 1 is 1.22 bits per heavy atom. The lowest BCUT2D eigenvalue weighted by Gasteiger charge is -2.11. The largest absolute Gasteiger partial charge is 0.492 e. The molecule has 1 N–H and O–H groups in total. The molecule has 1 aromatic heterocycles. The summed E-state index contributed by atoms with van der Waals surface area (Å²) < 4.78 is 24.4. The number of anilines is 1. The van der Waals surface area contributed by atoms with Gasteiger partial charge in [-0.25, -0.2) is 9.37 Å². The molecule has 0 aliphatic carbocycles. The molecule has 0 saturated heterocycles. The average Bonchev–Trinajstić information content (AvgIpc) is 3.12. The molecular formula is C21H21FN2O3. The van der Waals surface area contributed by atoms with Crippen molar-refractivity contribution in [2.24, 2.45) is 0 Å². The Morgan fingerprint density at radius 2 is 2.00 bits per heavy atom. The molecule has 0 radical (unpaired) electrons. The van der Waals surface area contributed by atoms with E-state index in [1.807, 2.05) is 31.2 Å². The zero-order valence-electron chi connectivity index (χ0n) is 15.3. The summed E-state index contributed by atoms with van der Waals surface area (Å²) in [7, 11) is 0. The Balaban J connectivity index is 1.59. The van der Waals surface area contributed by atoms with E-state index in [0.29, 0.717) is 36.1 Å². The zero-order chi connectivity index (χ0) is 19.2. The van der Waals surface area contributed by atoms with Crippen LogP contribution >= 0.6 is 0 Å². The molecule has 1 heterocycles. The van der Waals surface area contributed by atoms with Crippen molar-refractivity contribution in [3.8, 4) is 17.1 Å². The molecule has 3 aromatic rings. The first-order chi connectivity index (χ1) is 13.0. The van der Waals surface area contributed by atoms with Gasteiger partial charge in [-0.2, -0.15) is 0 Å². The first-order valence-corrected chi connectivity index (χ1v) is 8.79. The number of oxazole rings is 1. The van der Waals surface area contributed by atoms with Gasteiger partial charge in [0.25, 0.3) is 0 Å². The average molecular weight is 368 g/mol. The van der Waals surface area contributed by atoms with E-state index in [2.05, 4.69) is 10.3 Å². The molecule has 5 nitrogen and oxygen atoms in total. The van der Waals surface area contributed by atoms with Gasteiger partial charge in [0, 0.05) is 24.5 Å². The van der Waals surface area contributed by atoms with Crippen LogP contribution in [-0.4, -0.2) is 17.5 Å². The van der Waals surface area contributed by atoms with Crippen LogP contribution in [0.5, 0.6) is 5.75 Å². The molecule has 0 aliphatic rings. The van der Waals surface area contributed by atoms with Gasteiger partial charge in [0.1, 0.15) is 11.6 Å². The molecule has 0 fully saturated rings. The monoisotopic (exact) mass is 368 g/mol. The lowest BCUT2D eigenvalue weighted by molar-refractivity contribution is -0.116. The number of ether oxygens (including phenoxy) is 1. The maximum atomic E-state index is 13.3. The first-order valence-electron chi connectivity index (χ1n) is 8.79. The van der Waals surface area contributed by atoms with Crippen molar-refractivity contribution >= 4 is 11.6 Å². The Morgan fingerprint density at radius 3 is 2.74 bits per heavy atom. The summed E-state index contributed by atoms with van der Waals surface area (Å²) in [5.41, 5.74) is 2.55. The number of carbonyl (C=O) groups excluding carboxylic acids is 1. The predicted octanol–water partition coefficient (Wildman–Crippen LogP) is 4.76. The van der Waals surface area contributed by atoms with E-state index in [4.69, 9.17) is 9.15 Å². The van der Waals surface area contributed by atoms with Crippen molar-refractivity contribution in [2.75, 3.05) is 11.9 Å². The van der Waals surface area contributed by atoms with E-state index >= 15 is 0 Å². The van der Waals surface area contributed by atoms with E-state index in [1.54, 1.807) is 13.1 Å². The van der Waals surface area contributed by atoms with Crippen LogP contribution in [0.4, 0.5) is 10.1 Å².